The van der Waals surface area contributed by atoms with Crippen molar-refractivity contribution < 1.29 is 0 Å². The van der Waals surface area contributed by atoms with E-state index in [9.17, 15) is 0 Å². The molecule has 0 atom stereocenters. The molecule has 2 aromatic rings. The second-order valence-corrected chi connectivity index (χ2v) is 3.04. The van der Waals surface area contributed by atoms with Crippen LogP contribution in [0.3, 0.4) is 0 Å². The minimum absolute atomic E-state index is 0. The SMILES string of the molecule is CNCc1ccccc1.Cl.c1ccncc1. The first-order valence-electron chi connectivity index (χ1n) is 4.97. The summed E-state index contributed by atoms with van der Waals surface area (Å²) in [5.74, 6) is 0. The van der Waals surface area contributed by atoms with E-state index in [0.29, 0.717) is 0 Å². The van der Waals surface area contributed by atoms with Gasteiger partial charge in [0.1, 0.15) is 0 Å². The van der Waals surface area contributed by atoms with Gasteiger partial charge in [-0.1, -0.05) is 36.4 Å². The topological polar surface area (TPSA) is 24.9 Å². The third kappa shape index (κ3) is 6.98. The third-order valence-corrected chi connectivity index (χ3v) is 1.79. The molecule has 16 heavy (non-hydrogen) atoms. The van der Waals surface area contributed by atoms with E-state index in [0.717, 1.165) is 6.54 Å². The lowest BCUT2D eigenvalue weighted by atomic mass is 10.2. The highest BCUT2D eigenvalue weighted by Gasteiger charge is 1.83. The monoisotopic (exact) mass is 236 g/mol. The fourth-order valence-electron chi connectivity index (χ4n) is 1.11. The van der Waals surface area contributed by atoms with E-state index in [1.807, 2.05) is 43.4 Å². The molecule has 0 saturated heterocycles. The minimum atomic E-state index is 0. The first-order chi connectivity index (χ1) is 7.43. The van der Waals surface area contributed by atoms with Crippen molar-refractivity contribution in [3.05, 3.63) is 66.5 Å². The van der Waals surface area contributed by atoms with Gasteiger partial charge in [0.25, 0.3) is 0 Å². The fourth-order valence-corrected chi connectivity index (χ4v) is 1.11. The molecule has 0 amide bonds. The molecule has 1 aromatic heterocycles. The summed E-state index contributed by atoms with van der Waals surface area (Å²) in [4.78, 5) is 3.78. The predicted molar refractivity (Wildman–Crippen MR) is 70.7 cm³/mol. The van der Waals surface area contributed by atoms with Gasteiger partial charge in [-0.2, -0.15) is 0 Å². The van der Waals surface area contributed by atoms with Crippen LogP contribution in [0.4, 0.5) is 0 Å². The molecule has 0 aliphatic carbocycles. The molecule has 0 unspecified atom stereocenters. The number of aromatic nitrogens is 1. The zero-order valence-electron chi connectivity index (χ0n) is 9.34. The van der Waals surface area contributed by atoms with Crippen molar-refractivity contribution in [3.8, 4) is 0 Å². The molecule has 1 aromatic carbocycles. The van der Waals surface area contributed by atoms with E-state index in [1.165, 1.54) is 5.56 Å². The highest BCUT2D eigenvalue weighted by molar-refractivity contribution is 5.85. The Kier molecular flexibility index (Phi) is 9.27. The fraction of sp³-hybridized carbons (Fsp3) is 0.154. The maximum atomic E-state index is 3.78. The number of hydrogen-bond acceptors (Lipinski definition) is 2. The van der Waals surface area contributed by atoms with Crippen LogP contribution in [0.15, 0.2) is 60.9 Å². The Balaban J connectivity index is 0.000000283. The summed E-state index contributed by atoms with van der Waals surface area (Å²) in [5, 5.41) is 3.08. The van der Waals surface area contributed by atoms with Crippen LogP contribution in [-0.2, 0) is 6.54 Å². The van der Waals surface area contributed by atoms with Crippen molar-refractivity contribution in [2.45, 2.75) is 6.54 Å². The summed E-state index contributed by atoms with van der Waals surface area (Å²) in [6, 6.07) is 16.1. The van der Waals surface area contributed by atoms with E-state index in [4.69, 9.17) is 0 Å². The van der Waals surface area contributed by atoms with Gasteiger partial charge in [0.05, 0.1) is 0 Å². The zero-order chi connectivity index (χ0) is 10.8. The van der Waals surface area contributed by atoms with Gasteiger partial charge < -0.3 is 5.32 Å². The number of rotatable bonds is 2. The van der Waals surface area contributed by atoms with Crippen LogP contribution < -0.4 is 5.32 Å². The largest absolute Gasteiger partial charge is 0.316 e. The number of hydrogen-bond donors (Lipinski definition) is 1. The Bertz CT molecular complexity index is 311. The first kappa shape index (κ1) is 14.6. The van der Waals surface area contributed by atoms with Gasteiger partial charge >= 0.3 is 0 Å². The zero-order valence-corrected chi connectivity index (χ0v) is 10.2. The van der Waals surface area contributed by atoms with Crippen LogP contribution in [0.2, 0.25) is 0 Å². The van der Waals surface area contributed by atoms with Crippen molar-refractivity contribution in [2.24, 2.45) is 0 Å². The lowest BCUT2D eigenvalue weighted by molar-refractivity contribution is 0.818. The molecular weight excluding hydrogens is 220 g/mol. The molecule has 0 spiro atoms. The third-order valence-electron chi connectivity index (χ3n) is 1.79. The van der Waals surface area contributed by atoms with Crippen LogP contribution in [0.1, 0.15) is 5.56 Å². The minimum Gasteiger partial charge on any atom is -0.316 e. The van der Waals surface area contributed by atoms with Crippen molar-refractivity contribution in [3.63, 3.8) is 0 Å². The van der Waals surface area contributed by atoms with Gasteiger partial charge in [0.2, 0.25) is 0 Å². The summed E-state index contributed by atoms with van der Waals surface area (Å²) in [7, 11) is 1.95. The molecule has 3 heteroatoms. The number of nitrogens with zero attached hydrogens (tertiary/aromatic N) is 1. The lowest BCUT2D eigenvalue weighted by Gasteiger charge is -1.95. The Morgan fingerprint density at radius 2 is 1.50 bits per heavy atom. The van der Waals surface area contributed by atoms with Gasteiger partial charge in [0, 0.05) is 18.9 Å². The van der Waals surface area contributed by atoms with E-state index in [2.05, 4.69) is 22.4 Å². The van der Waals surface area contributed by atoms with Crippen LogP contribution in [0.25, 0.3) is 0 Å². The molecule has 1 heterocycles. The van der Waals surface area contributed by atoms with Gasteiger partial charge in [-0.15, -0.1) is 12.4 Å². The van der Waals surface area contributed by atoms with E-state index < -0.39 is 0 Å². The second-order valence-electron chi connectivity index (χ2n) is 3.04. The Morgan fingerprint density at radius 1 is 0.938 bits per heavy atom. The summed E-state index contributed by atoms with van der Waals surface area (Å²) in [6.45, 7) is 0.959. The highest BCUT2D eigenvalue weighted by Crippen LogP contribution is 1.95. The van der Waals surface area contributed by atoms with Crippen LogP contribution in [-0.4, -0.2) is 12.0 Å². The maximum absolute atomic E-state index is 3.78. The molecule has 0 aliphatic rings. The van der Waals surface area contributed by atoms with Crippen molar-refractivity contribution >= 4 is 12.4 Å². The van der Waals surface area contributed by atoms with Gasteiger partial charge in [-0.25, -0.2) is 0 Å². The van der Waals surface area contributed by atoms with E-state index in [1.54, 1.807) is 12.4 Å². The number of benzene rings is 1. The van der Waals surface area contributed by atoms with Crippen LogP contribution in [0.5, 0.6) is 0 Å². The van der Waals surface area contributed by atoms with Gasteiger partial charge in [-0.05, 0) is 24.7 Å². The molecule has 2 nitrogen and oxygen atoms in total. The normalized spacial score (nSPS) is 8.31. The number of nitrogens with one attached hydrogen (secondary N) is 1. The molecule has 86 valence electrons. The average Bonchev–Trinajstić information content (AvgIpc) is 2.34. The molecule has 0 bridgehead atoms. The molecular formula is C13H17ClN2. The summed E-state index contributed by atoms with van der Waals surface area (Å²) < 4.78 is 0. The molecule has 0 radical (unpaired) electrons. The average molecular weight is 237 g/mol. The lowest BCUT2D eigenvalue weighted by Crippen LogP contribution is -2.04. The second kappa shape index (κ2) is 10.1. The van der Waals surface area contributed by atoms with E-state index >= 15 is 0 Å². The Hall–Kier alpha value is -1.38. The van der Waals surface area contributed by atoms with Crippen LogP contribution >= 0.6 is 12.4 Å². The van der Waals surface area contributed by atoms with Crippen molar-refractivity contribution in [2.75, 3.05) is 7.05 Å². The van der Waals surface area contributed by atoms with Gasteiger partial charge in [-0.3, -0.25) is 4.98 Å². The Labute approximate surface area is 103 Å². The summed E-state index contributed by atoms with van der Waals surface area (Å²) in [6.07, 6.45) is 3.50. The summed E-state index contributed by atoms with van der Waals surface area (Å²) in [5.41, 5.74) is 1.33. The Morgan fingerprint density at radius 3 is 1.88 bits per heavy atom. The quantitative estimate of drug-likeness (QED) is 0.868. The maximum Gasteiger partial charge on any atom is 0.0267 e. The summed E-state index contributed by atoms with van der Waals surface area (Å²) >= 11 is 0. The highest BCUT2D eigenvalue weighted by atomic mass is 35.5. The van der Waals surface area contributed by atoms with Gasteiger partial charge in [0.15, 0.2) is 0 Å². The van der Waals surface area contributed by atoms with Crippen molar-refractivity contribution in [1.82, 2.24) is 10.3 Å². The van der Waals surface area contributed by atoms with Crippen molar-refractivity contribution in [1.29, 1.82) is 0 Å². The smallest absolute Gasteiger partial charge is 0.0267 e. The predicted octanol–water partition coefficient (Wildman–Crippen LogP) is 2.91. The number of halogens is 1. The molecule has 0 aliphatic heterocycles. The molecule has 0 saturated carbocycles. The van der Waals surface area contributed by atoms with E-state index in [-0.39, 0.29) is 12.4 Å². The first-order valence-corrected chi connectivity index (χ1v) is 4.97. The molecule has 2 rings (SSSR count). The molecule has 0 fully saturated rings. The molecule has 1 N–H and O–H groups in total. The van der Waals surface area contributed by atoms with Crippen LogP contribution in [0, 0.1) is 0 Å². The standard InChI is InChI=1S/C8H11N.C5H5N.ClH/c1-9-7-8-5-3-2-4-6-8;1-2-4-6-5-3-1;/h2-6,9H,7H2,1H3;1-5H;1H. The number of pyridine rings is 1.